The molecule has 0 saturated carbocycles. The number of carboxylic acids is 1. The summed E-state index contributed by atoms with van der Waals surface area (Å²) < 4.78 is 4.83. The van der Waals surface area contributed by atoms with Gasteiger partial charge in [-0.2, -0.15) is 0 Å². The molecule has 0 heterocycles. The van der Waals surface area contributed by atoms with Crippen LogP contribution >= 0.6 is 0 Å². The zero-order valence-electron chi connectivity index (χ0n) is 8.14. The van der Waals surface area contributed by atoms with Crippen LogP contribution in [-0.2, 0) is 11.2 Å². The summed E-state index contributed by atoms with van der Waals surface area (Å²) in [4.78, 5) is 10.3. The average molecular weight is 211 g/mol. The van der Waals surface area contributed by atoms with Crippen molar-refractivity contribution in [2.75, 3.05) is 7.11 Å². The second-order valence-electron chi connectivity index (χ2n) is 3.05. The molecule has 0 aromatic heterocycles. The lowest BCUT2D eigenvalue weighted by Crippen LogP contribution is -2.36. The van der Waals surface area contributed by atoms with Gasteiger partial charge in [-0.3, -0.25) is 0 Å². The lowest BCUT2D eigenvalue weighted by atomic mass is 10.1. The Labute approximate surface area is 86.5 Å². The van der Waals surface area contributed by atoms with E-state index in [-0.39, 0.29) is 17.9 Å². The molecule has 0 aliphatic rings. The van der Waals surface area contributed by atoms with Gasteiger partial charge in [0.25, 0.3) is 0 Å². The maximum absolute atomic E-state index is 10.3. The van der Waals surface area contributed by atoms with Crippen molar-refractivity contribution in [3.05, 3.63) is 23.8 Å². The van der Waals surface area contributed by atoms with Gasteiger partial charge in [-0.05, 0) is 17.7 Å². The van der Waals surface area contributed by atoms with Gasteiger partial charge < -0.3 is 24.9 Å². The lowest BCUT2D eigenvalue weighted by molar-refractivity contribution is -0.314. The number of aromatic hydroxyl groups is 1. The second kappa shape index (κ2) is 4.65. The molecule has 0 saturated heterocycles. The van der Waals surface area contributed by atoms with Crippen molar-refractivity contribution in [3.63, 3.8) is 0 Å². The fourth-order valence-corrected chi connectivity index (χ4v) is 1.16. The molecule has 15 heavy (non-hydrogen) atoms. The van der Waals surface area contributed by atoms with Crippen LogP contribution in [0.2, 0.25) is 0 Å². The van der Waals surface area contributed by atoms with Crippen molar-refractivity contribution in [2.45, 2.75) is 12.5 Å². The summed E-state index contributed by atoms with van der Waals surface area (Å²) in [5.74, 6) is -1.33. The van der Waals surface area contributed by atoms with E-state index in [4.69, 9.17) is 9.84 Å². The van der Waals surface area contributed by atoms with Crippen molar-refractivity contribution < 1.29 is 24.9 Å². The molecule has 0 fully saturated rings. The molecular formula is C10H11O5-. The van der Waals surface area contributed by atoms with E-state index in [2.05, 4.69) is 0 Å². The normalized spacial score (nSPS) is 12.1. The Hall–Kier alpha value is -1.75. The number of methoxy groups -OCH3 is 1. The third-order valence-electron chi connectivity index (χ3n) is 1.95. The van der Waals surface area contributed by atoms with Crippen molar-refractivity contribution in [1.82, 2.24) is 0 Å². The highest BCUT2D eigenvalue weighted by atomic mass is 16.5. The third kappa shape index (κ3) is 2.85. The molecular weight excluding hydrogens is 200 g/mol. The molecule has 5 heteroatoms. The zero-order valence-corrected chi connectivity index (χ0v) is 8.14. The zero-order chi connectivity index (χ0) is 11.4. The Morgan fingerprint density at radius 2 is 2.27 bits per heavy atom. The van der Waals surface area contributed by atoms with Crippen LogP contribution in [-0.4, -0.2) is 29.4 Å². The van der Waals surface area contributed by atoms with Gasteiger partial charge in [0, 0.05) is 6.42 Å². The predicted octanol–water partition coefficient (Wildman–Crippen LogP) is -0.946. The third-order valence-corrected chi connectivity index (χ3v) is 1.95. The summed E-state index contributed by atoms with van der Waals surface area (Å²) in [5, 5.41) is 28.6. The first kappa shape index (κ1) is 11.3. The second-order valence-corrected chi connectivity index (χ2v) is 3.05. The van der Waals surface area contributed by atoms with E-state index >= 15 is 0 Å². The average Bonchev–Trinajstić information content (AvgIpc) is 2.20. The number of ether oxygens (including phenoxy) is 1. The number of phenols is 1. The Bertz CT molecular complexity index is 361. The highest BCUT2D eigenvalue weighted by Gasteiger charge is 2.08. The summed E-state index contributed by atoms with van der Waals surface area (Å²) in [6.45, 7) is 0. The molecule has 1 unspecified atom stereocenters. The molecule has 82 valence electrons. The van der Waals surface area contributed by atoms with Crippen LogP contribution < -0.4 is 9.84 Å². The van der Waals surface area contributed by atoms with Gasteiger partial charge in [-0.25, -0.2) is 0 Å². The lowest BCUT2D eigenvalue weighted by Gasteiger charge is -2.12. The number of aliphatic hydroxyl groups excluding tert-OH is 1. The number of rotatable bonds is 4. The first-order valence-electron chi connectivity index (χ1n) is 4.29. The van der Waals surface area contributed by atoms with Gasteiger partial charge in [0.1, 0.15) is 0 Å². The van der Waals surface area contributed by atoms with Gasteiger partial charge in [-0.1, -0.05) is 6.07 Å². The number of carbonyl (C=O) groups excluding carboxylic acids is 1. The van der Waals surface area contributed by atoms with Crippen LogP contribution in [0.25, 0.3) is 0 Å². The number of benzene rings is 1. The van der Waals surface area contributed by atoms with Gasteiger partial charge in [0.05, 0.1) is 19.2 Å². The van der Waals surface area contributed by atoms with Crippen LogP contribution in [0.3, 0.4) is 0 Å². The fraction of sp³-hybridized carbons (Fsp3) is 0.300. The first-order chi connectivity index (χ1) is 7.04. The number of aliphatic carboxylic acids is 1. The van der Waals surface area contributed by atoms with E-state index in [0.717, 1.165) is 0 Å². The van der Waals surface area contributed by atoms with Gasteiger partial charge in [0.15, 0.2) is 11.5 Å². The SMILES string of the molecule is COc1cc(CC(O)C(=O)[O-])ccc1O. The Balaban J connectivity index is 2.83. The first-order valence-corrected chi connectivity index (χ1v) is 4.29. The van der Waals surface area contributed by atoms with Crippen LogP contribution in [0, 0.1) is 0 Å². The molecule has 1 aromatic carbocycles. The molecule has 1 atom stereocenters. The number of carbonyl (C=O) groups is 1. The van der Waals surface area contributed by atoms with E-state index in [1.54, 1.807) is 0 Å². The summed E-state index contributed by atoms with van der Waals surface area (Å²) >= 11 is 0. The molecule has 0 spiro atoms. The quantitative estimate of drug-likeness (QED) is 0.670. The molecule has 2 N–H and O–H groups in total. The number of hydrogen-bond acceptors (Lipinski definition) is 5. The molecule has 0 amide bonds. The minimum absolute atomic E-state index is 0.0378. The summed E-state index contributed by atoms with van der Waals surface area (Å²) in [5.41, 5.74) is 0.543. The van der Waals surface area contributed by atoms with Gasteiger partial charge in [0.2, 0.25) is 0 Å². The molecule has 1 aromatic rings. The maximum Gasteiger partial charge on any atom is 0.160 e. The van der Waals surface area contributed by atoms with Crippen molar-refractivity contribution in [3.8, 4) is 11.5 Å². The maximum atomic E-state index is 10.3. The standard InChI is InChI=1S/C10H12O5/c1-15-9-5-6(2-3-7(9)11)4-8(12)10(13)14/h2-3,5,8,11-12H,4H2,1H3,(H,13,14)/p-1. The number of aliphatic hydroxyl groups is 1. The van der Waals surface area contributed by atoms with Crippen LogP contribution in [0.4, 0.5) is 0 Å². The van der Waals surface area contributed by atoms with E-state index in [1.807, 2.05) is 0 Å². The largest absolute Gasteiger partial charge is 0.547 e. The Morgan fingerprint density at radius 3 is 2.80 bits per heavy atom. The number of hydrogen-bond donors (Lipinski definition) is 2. The molecule has 1 rings (SSSR count). The topological polar surface area (TPSA) is 89.8 Å². The molecule has 5 nitrogen and oxygen atoms in total. The van der Waals surface area contributed by atoms with Crippen LogP contribution in [0.5, 0.6) is 11.5 Å². The molecule has 0 bridgehead atoms. The fourth-order valence-electron chi connectivity index (χ4n) is 1.16. The monoisotopic (exact) mass is 211 g/mol. The van der Waals surface area contributed by atoms with Crippen molar-refractivity contribution in [1.29, 1.82) is 0 Å². The summed E-state index contributed by atoms with van der Waals surface area (Å²) in [7, 11) is 1.38. The van der Waals surface area contributed by atoms with E-state index in [0.29, 0.717) is 5.56 Å². The van der Waals surface area contributed by atoms with E-state index < -0.39 is 12.1 Å². The van der Waals surface area contributed by atoms with Crippen molar-refractivity contribution >= 4 is 5.97 Å². The summed E-state index contributed by atoms with van der Waals surface area (Å²) in [6.07, 6.45) is -1.64. The molecule has 0 radical (unpaired) electrons. The highest BCUT2D eigenvalue weighted by molar-refractivity contribution is 5.70. The van der Waals surface area contributed by atoms with Gasteiger partial charge >= 0.3 is 0 Å². The molecule has 0 aliphatic carbocycles. The van der Waals surface area contributed by atoms with Crippen LogP contribution in [0.1, 0.15) is 5.56 Å². The van der Waals surface area contributed by atoms with E-state index in [1.165, 1.54) is 25.3 Å². The minimum atomic E-state index is -1.56. The van der Waals surface area contributed by atoms with Crippen molar-refractivity contribution in [2.24, 2.45) is 0 Å². The Kier molecular flexibility index (Phi) is 3.51. The molecule has 0 aliphatic heterocycles. The number of phenolic OH excluding ortho intramolecular Hbond substituents is 1. The highest BCUT2D eigenvalue weighted by Crippen LogP contribution is 2.26. The van der Waals surface area contributed by atoms with Gasteiger partial charge in [-0.15, -0.1) is 0 Å². The minimum Gasteiger partial charge on any atom is -0.547 e. The summed E-state index contributed by atoms with van der Waals surface area (Å²) in [6, 6.07) is 4.33. The Morgan fingerprint density at radius 1 is 1.60 bits per heavy atom. The number of carboxylic acid groups (broad SMARTS) is 1. The van der Waals surface area contributed by atoms with Crippen LogP contribution in [0.15, 0.2) is 18.2 Å². The predicted molar refractivity (Wildman–Crippen MR) is 49.4 cm³/mol. The smallest absolute Gasteiger partial charge is 0.160 e. The van der Waals surface area contributed by atoms with E-state index in [9.17, 15) is 15.0 Å².